The molecule has 0 saturated heterocycles. The van der Waals surface area contributed by atoms with Crippen molar-refractivity contribution >= 4 is 24.5 Å². The van der Waals surface area contributed by atoms with Crippen LogP contribution in [0.5, 0.6) is 0 Å². The minimum absolute atomic E-state index is 1.13. The Bertz CT molecular complexity index is 19.5. The lowest BCUT2D eigenvalue weighted by molar-refractivity contribution is 1.13. The van der Waals surface area contributed by atoms with Gasteiger partial charge in [-0.25, -0.2) is 0 Å². The molecule has 0 aliphatic rings. The molecule has 0 radical (unpaired) electrons. The molecule has 1 unspecified atom stereocenters. The van der Waals surface area contributed by atoms with Crippen molar-refractivity contribution in [3.05, 3.63) is 0 Å². The minimum atomic E-state index is 1.13. The fourth-order valence-corrected chi connectivity index (χ4v) is 1.57. The van der Waals surface area contributed by atoms with Crippen molar-refractivity contribution < 1.29 is 0 Å². The van der Waals surface area contributed by atoms with Crippen molar-refractivity contribution in [2.45, 2.75) is 6.42 Å². The van der Waals surface area contributed by atoms with E-state index in [4.69, 9.17) is 0 Å². The first-order valence-corrected chi connectivity index (χ1v) is 4.95. The molecular formula is C4H10BrP. The van der Waals surface area contributed by atoms with E-state index < -0.39 is 0 Å². The Morgan fingerprint density at radius 3 is 2.50 bits per heavy atom. The summed E-state index contributed by atoms with van der Waals surface area (Å²) >= 11 is 3.35. The van der Waals surface area contributed by atoms with E-state index in [1.54, 1.807) is 0 Å². The Labute approximate surface area is 49.6 Å². The lowest BCUT2D eigenvalue weighted by Crippen LogP contribution is -1.73. The fourth-order valence-electron chi connectivity index (χ4n) is 0.244. The maximum absolute atomic E-state index is 3.35. The molecule has 38 valence electrons. The molecule has 0 N–H and O–H groups in total. The molecule has 0 rings (SSSR count). The first-order chi connectivity index (χ1) is 2.91. The van der Waals surface area contributed by atoms with E-state index in [0.717, 1.165) is 8.58 Å². The molecule has 6 heavy (non-hydrogen) atoms. The van der Waals surface area contributed by atoms with Gasteiger partial charge in [0.2, 0.25) is 0 Å². The van der Waals surface area contributed by atoms with Gasteiger partial charge in [0.15, 0.2) is 0 Å². The van der Waals surface area contributed by atoms with Gasteiger partial charge in [-0.1, -0.05) is 15.9 Å². The second-order valence-electron chi connectivity index (χ2n) is 1.15. The van der Waals surface area contributed by atoms with Crippen LogP contribution in [0.3, 0.4) is 0 Å². The first-order valence-electron chi connectivity index (χ1n) is 2.12. The maximum atomic E-state index is 3.35. The monoisotopic (exact) mass is 168 g/mol. The highest BCUT2D eigenvalue weighted by Gasteiger charge is 1.76. The van der Waals surface area contributed by atoms with Gasteiger partial charge in [-0.15, -0.1) is 8.58 Å². The van der Waals surface area contributed by atoms with Gasteiger partial charge in [-0.2, -0.15) is 0 Å². The summed E-state index contributed by atoms with van der Waals surface area (Å²) in [6.07, 6.45) is 2.74. The van der Waals surface area contributed by atoms with E-state index in [9.17, 15) is 0 Å². The van der Waals surface area contributed by atoms with Crippen molar-refractivity contribution in [3.8, 4) is 0 Å². The summed E-state index contributed by atoms with van der Waals surface area (Å²) in [6.45, 7) is 2.24. The van der Waals surface area contributed by atoms with Gasteiger partial charge in [0.1, 0.15) is 0 Å². The third-order valence-electron chi connectivity index (χ3n) is 0.560. The van der Waals surface area contributed by atoms with Gasteiger partial charge in [0, 0.05) is 5.33 Å². The molecular weight excluding hydrogens is 159 g/mol. The molecule has 0 aliphatic carbocycles. The van der Waals surface area contributed by atoms with Gasteiger partial charge in [-0.3, -0.25) is 0 Å². The number of alkyl halides is 1. The largest absolute Gasteiger partial charge is 0.125 e. The van der Waals surface area contributed by atoms with Crippen molar-refractivity contribution in [1.29, 1.82) is 0 Å². The Morgan fingerprint density at radius 1 is 1.67 bits per heavy atom. The van der Waals surface area contributed by atoms with Crippen LogP contribution in [0.2, 0.25) is 0 Å². The summed E-state index contributed by atoms with van der Waals surface area (Å²) < 4.78 is 0. The topological polar surface area (TPSA) is 0 Å². The third-order valence-corrected chi connectivity index (χ3v) is 1.97. The Hall–Kier alpha value is 0.910. The summed E-state index contributed by atoms with van der Waals surface area (Å²) in [7, 11) is 1.13. The average molecular weight is 169 g/mol. The Balaban J connectivity index is 2.34. The van der Waals surface area contributed by atoms with E-state index in [1.165, 1.54) is 17.9 Å². The molecule has 0 spiro atoms. The highest BCUT2D eigenvalue weighted by atomic mass is 79.9. The summed E-state index contributed by atoms with van der Waals surface area (Å²) in [6, 6.07) is 0. The van der Waals surface area contributed by atoms with E-state index in [1.807, 2.05) is 0 Å². The second-order valence-corrected chi connectivity index (χ2v) is 3.15. The van der Waals surface area contributed by atoms with E-state index >= 15 is 0 Å². The molecule has 0 nitrogen and oxygen atoms in total. The van der Waals surface area contributed by atoms with Crippen LogP contribution in [-0.4, -0.2) is 18.2 Å². The number of halogens is 1. The van der Waals surface area contributed by atoms with E-state index in [2.05, 4.69) is 22.6 Å². The first kappa shape index (κ1) is 6.91. The SMILES string of the molecule is CPCCCBr. The predicted octanol–water partition coefficient (Wildman–Crippen LogP) is 2.08. The van der Waals surface area contributed by atoms with Crippen LogP contribution in [0.15, 0.2) is 0 Å². The van der Waals surface area contributed by atoms with Crippen molar-refractivity contribution in [2.75, 3.05) is 18.2 Å². The Kier molecular flexibility index (Phi) is 6.81. The highest BCUT2D eigenvalue weighted by molar-refractivity contribution is 9.09. The van der Waals surface area contributed by atoms with Gasteiger partial charge in [0.05, 0.1) is 0 Å². The van der Waals surface area contributed by atoms with E-state index in [-0.39, 0.29) is 0 Å². The number of rotatable bonds is 3. The zero-order valence-corrected chi connectivity index (χ0v) is 6.59. The van der Waals surface area contributed by atoms with Crippen LogP contribution in [-0.2, 0) is 0 Å². The molecule has 0 aromatic heterocycles. The molecule has 0 aromatic rings. The van der Waals surface area contributed by atoms with Gasteiger partial charge >= 0.3 is 0 Å². The second kappa shape index (κ2) is 5.91. The normalized spacial score (nSPS) is 11.0. The minimum Gasteiger partial charge on any atom is -0.125 e. The number of hydrogen-bond acceptors (Lipinski definition) is 0. The van der Waals surface area contributed by atoms with Crippen LogP contribution in [0.25, 0.3) is 0 Å². The third kappa shape index (κ3) is 4.91. The molecule has 0 heterocycles. The fraction of sp³-hybridized carbons (Fsp3) is 1.00. The van der Waals surface area contributed by atoms with Crippen molar-refractivity contribution in [3.63, 3.8) is 0 Å². The molecule has 2 heteroatoms. The summed E-state index contributed by atoms with van der Waals surface area (Å²) in [4.78, 5) is 0. The lowest BCUT2D eigenvalue weighted by atomic mass is 10.6. The average Bonchev–Trinajstić information content (AvgIpc) is 1.61. The zero-order valence-electron chi connectivity index (χ0n) is 4.00. The smallest absolute Gasteiger partial charge is 0.00345 e. The molecule has 0 aliphatic heterocycles. The molecule has 0 saturated carbocycles. The molecule has 0 amide bonds. The van der Waals surface area contributed by atoms with Gasteiger partial charge in [0.25, 0.3) is 0 Å². The molecule has 1 atom stereocenters. The van der Waals surface area contributed by atoms with Gasteiger partial charge in [-0.05, 0) is 19.2 Å². The highest BCUT2D eigenvalue weighted by Crippen LogP contribution is 2.03. The quantitative estimate of drug-likeness (QED) is 0.344. The Morgan fingerprint density at radius 2 is 2.33 bits per heavy atom. The maximum Gasteiger partial charge on any atom is 0.00345 e. The molecule has 0 bridgehead atoms. The van der Waals surface area contributed by atoms with Crippen molar-refractivity contribution in [2.24, 2.45) is 0 Å². The number of hydrogen-bond donors (Lipinski definition) is 0. The van der Waals surface area contributed by atoms with E-state index in [0.29, 0.717) is 0 Å². The van der Waals surface area contributed by atoms with Gasteiger partial charge < -0.3 is 0 Å². The lowest BCUT2D eigenvalue weighted by Gasteiger charge is -1.85. The predicted molar refractivity (Wildman–Crippen MR) is 37.5 cm³/mol. The standard InChI is InChI=1S/C4H10BrP/c1-6-4-2-3-5/h6H,2-4H2,1H3. The zero-order chi connectivity index (χ0) is 4.83. The van der Waals surface area contributed by atoms with Crippen molar-refractivity contribution in [1.82, 2.24) is 0 Å². The van der Waals surface area contributed by atoms with Crippen LogP contribution in [0, 0.1) is 0 Å². The summed E-state index contributed by atoms with van der Waals surface area (Å²) in [5.74, 6) is 0. The summed E-state index contributed by atoms with van der Waals surface area (Å²) in [5.41, 5.74) is 0. The van der Waals surface area contributed by atoms with Crippen LogP contribution < -0.4 is 0 Å². The summed E-state index contributed by atoms with van der Waals surface area (Å²) in [5, 5.41) is 1.17. The van der Waals surface area contributed by atoms with Crippen LogP contribution >= 0.6 is 24.5 Å². The van der Waals surface area contributed by atoms with Crippen LogP contribution in [0.1, 0.15) is 6.42 Å². The molecule has 0 aromatic carbocycles. The molecule has 0 fully saturated rings. The van der Waals surface area contributed by atoms with Crippen LogP contribution in [0.4, 0.5) is 0 Å².